The van der Waals surface area contributed by atoms with Gasteiger partial charge >= 0.3 is 6.18 Å². The van der Waals surface area contributed by atoms with Crippen LogP contribution in [0.3, 0.4) is 0 Å². The SMILES string of the molecule is COc1c(CC#N)ccc2c1C(C)(C)CC(O)(C(F)(F)F)C2Nc1ccc(F)c2nc(C)ncc12. The molecule has 1 aliphatic carbocycles. The Hall–Kier alpha value is -3.45. The zero-order valence-corrected chi connectivity index (χ0v) is 19.6. The zero-order chi connectivity index (χ0) is 25.8. The number of alkyl halides is 3. The molecule has 0 saturated heterocycles. The second-order valence-electron chi connectivity index (χ2n) is 9.39. The minimum absolute atomic E-state index is 0.00740. The highest BCUT2D eigenvalue weighted by Crippen LogP contribution is 2.57. The van der Waals surface area contributed by atoms with Crippen LogP contribution >= 0.6 is 0 Å². The van der Waals surface area contributed by atoms with Gasteiger partial charge in [0.1, 0.15) is 22.9 Å². The van der Waals surface area contributed by atoms with Crippen LogP contribution in [0.2, 0.25) is 0 Å². The van der Waals surface area contributed by atoms with Crippen molar-refractivity contribution in [3.8, 4) is 11.8 Å². The van der Waals surface area contributed by atoms with E-state index in [1.807, 2.05) is 6.07 Å². The van der Waals surface area contributed by atoms with Gasteiger partial charge in [0.2, 0.25) is 0 Å². The number of hydrogen-bond donors (Lipinski definition) is 2. The molecule has 2 N–H and O–H groups in total. The molecular weight excluding hydrogens is 464 g/mol. The maximum Gasteiger partial charge on any atom is 0.419 e. The number of ether oxygens (including phenoxy) is 1. The van der Waals surface area contributed by atoms with Gasteiger partial charge in [-0.15, -0.1) is 0 Å². The summed E-state index contributed by atoms with van der Waals surface area (Å²) in [5.74, 6) is -0.0250. The van der Waals surface area contributed by atoms with Crippen molar-refractivity contribution in [1.82, 2.24) is 9.97 Å². The van der Waals surface area contributed by atoms with Gasteiger partial charge in [0.15, 0.2) is 5.60 Å². The van der Waals surface area contributed by atoms with E-state index in [4.69, 9.17) is 4.74 Å². The van der Waals surface area contributed by atoms with Crippen LogP contribution in [0.25, 0.3) is 10.9 Å². The second kappa shape index (κ2) is 8.34. The second-order valence-corrected chi connectivity index (χ2v) is 9.39. The number of rotatable bonds is 4. The average molecular weight is 488 g/mol. The minimum Gasteiger partial charge on any atom is -0.496 e. The number of nitrogens with zero attached hydrogens (tertiary/aromatic N) is 3. The minimum atomic E-state index is -5.00. The molecule has 0 radical (unpaired) electrons. The van der Waals surface area contributed by atoms with Crippen molar-refractivity contribution in [2.45, 2.75) is 56.8 Å². The first-order valence-corrected chi connectivity index (χ1v) is 10.9. The molecule has 1 aliphatic rings. The van der Waals surface area contributed by atoms with Gasteiger partial charge in [0.05, 0.1) is 25.6 Å². The third-order valence-corrected chi connectivity index (χ3v) is 6.53. The van der Waals surface area contributed by atoms with Crippen LogP contribution in [-0.2, 0) is 11.8 Å². The van der Waals surface area contributed by atoms with Gasteiger partial charge in [-0.3, -0.25) is 0 Å². The fraction of sp³-hybridized carbons (Fsp3) is 0.400. The van der Waals surface area contributed by atoms with E-state index in [2.05, 4.69) is 15.3 Å². The number of hydrogen-bond acceptors (Lipinski definition) is 6. The Balaban J connectivity index is 1.99. The molecule has 0 bridgehead atoms. The molecule has 184 valence electrons. The van der Waals surface area contributed by atoms with Crippen molar-refractivity contribution in [2.75, 3.05) is 12.4 Å². The molecule has 4 rings (SSSR count). The van der Waals surface area contributed by atoms with Crippen LogP contribution in [0, 0.1) is 24.1 Å². The van der Waals surface area contributed by atoms with Crippen molar-refractivity contribution in [2.24, 2.45) is 0 Å². The molecule has 6 nitrogen and oxygen atoms in total. The summed E-state index contributed by atoms with van der Waals surface area (Å²) in [5, 5.41) is 23.4. The average Bonchev–Trinajstić information content (AvgIpc) is 2.77. The monoisotopic (exact) mass is 488 g/mol. The first kappa shape index (κ1) is 24.7. The highest BCUT2D eigenvalue weighted by Gasteiger charge is 2.64. The Bertz CT molecular complexity index is 1350. The third-order valence-electron chi connectivity index (χ3n) is 6.53. The van der Waals surface area contributed by atoms with Crippen molar-refractivity contribution in [1.29, 1.82) is 5.26 Å². The normalized spacial score (nSPS) is 21.3. The Morgan fingerprint density at radius 3 is 2.60 bits per heavy atom. The Labute approximate surface area is 199 Å². The van der Waals surface area contributed by atoms with Gasteiger partial charge in [-0.1, -0.05) is 26.0 Å². The standard InChI is InChI=1S/C25H24F4N4O2/c1-13-31-11-16-18(8-7-17(26)20(16)32-13)33-22-15-6-5-14(9-10-30)21(35-4)19(15)23(2,3)12-24(22,34)25(27,28)29/h5-8,11,22,33-34H,9,12H2,1-4H3. The molecule has 2 unspecified atom stereocenters. The number of nitriles is 1. The molecule has 0 aliphatic heterocycles. The summed E-state index contributed by atoms with van der Waals surface area (Å²) < 4.78 is 63.4. The molecule has 1 aromatic heterocycles. The van der Waals surface area contributed by atoms with Gasteiger partial charge < -0.3 is 15.2 Å². The largest absolute Gasteiger partial charge is 0.496 e. The zero-order valence-electron chi connectivity index (χ0n) is 19.6. The van der Waals surface area contributed by atoms with Crippen molar-refractivity contribution >= 4 is 16.6 Å². The fourth-order valence-corrected chi connectivity index (χ4v) is 5.08. The molecule has 3 aromatic rings. The van der Waals surface area contributed by atoms with Gasteiger partial charge in [0, 0.05) is 28.4 Å². The van der Waals surface area contributed by atoms with Crippen LogP contribution in [0.4, 0.5) is 23.2 Å². The van der Waals surface area contributed by atoms with E-state index >= 15 is 0 Å². The lowest BCUT2D eigenvalue weighted by atomic mass is 9.63. The number of halogens is 4. The van der Waals surface area contributed by atoms with E-state index in [1.165, 1.54) is 31.5 Å². The highest BCUT2D eigenvalue weighted by molar-refractivity contribution is 5.91. The fourth-order valence-electron chi connectivity index (χ4n) is 5.08. The van der Waals surface area contributed by atoms with Crippen molar-refractivity contribution in [3.05, 3.63) is 58.8 Å². The van der Waals surface area contributed by atoms with E-state index in [0.29, 0.717) is 22.7 Å². The van der Waals surface area contributed by atoms with Crippen LogP contribution < -0.4 is 10.1 Å². The molecule has 0 fully saturated rings. The number of aryl methyl sites for hydroxylation is 1. The van der Waals surface area contributed by atoms with E-state index in [1.54, 1.807) is 20.8 Å². The Kier molecular flexibility index (Phi) is 5.88. The van der Waals surface area contributed by atoms with Crippen molar-refractivity contribution < 1.29 is 27.4 Å². The molecule has 0 saturated carbocycles. The predicted octanol–water partition coefficient (Wildman–Crippen LogP) is 5.28. The number of aromatic nitrogens is 2. The lowest BCUT2D eigenvalue weighted by Crippen LogP contribution is -2.58. The first-order valence-electron chi connectivity index (χ1n) is 10.9. The summed E-state index contributed by atoms with van der Waals surface area (Å²) >= 11 is 0. The molecular formula is C25H24F4N4O2. The smallest absolute Gasteiger partial charge is 0.419 e. The summed E-state index contributed by atoms with van der Waals surface area (Å²) in [6.45, 7) is 4.77. The predicted molar refractivity (Wildman–Crippen MR) is 122 cm³/mol. The molecule has 1 heterocycles. The number of fused-ring (bicyclic) bond motifs is 2. The summed E-state index contributed by atoms with van der Waals surface area (Å²) in [7, 11) is 1.40. The molecule has 35 heavy (non-hydrogen) atoms. The molecule has 0 amide bonds. The van der Waals surface area contributed by atoms with Gasteiger partial charge in [-0.25, -0.2) is 14.4 Å². The van der Waals surface area contributed by atoms with E-state index in [9.17, 15) is 27.9 Å². The quantitative estimate of drug-likeness (QED) is 0.486. The highest BCUT2D eigenvalue weighted by atomic mass is 19.4. The number of benzene rings is 2. The van der Waals surface area contributed by atoms with Gasteiger partial charge in [-0.05, 0) is 36.5 Å². The Morgan fingerprint density at radius 1 is 1.26 bits per heavy atom. The van der Waals surface area contributed by atoms with Crippen molar-refractivity contribution in [3.63, 3.8) is 0 Å². The number of nitrogens with one attached hydrogen (secondary N) is 1. The van der Waals surface area contributed by atoms with Crippen LogP contribution in [0.5, 0.6) is 5.75 Å². The Morgan fingerprint density at radius 2 is 1.97 bits per heavy atom. The number of anilines is 1. The van der Waals surface area contributed by atoms with E-state index < -0.39 is 35.5 Å². The van der Waals surface area contributed by atoms with Crippen LogP contribution in [0.15, 0.2) is 30.5 Å². The summed E-state index contributed by atoms with van der Waals surface area (Å²) in [6, 6.07) is 5.79. The van der Waals surface area contributed by atoms with Gasteiger partial charge in [-0.2, -0.15) is 18.4 Å². The topological polar surface area (TPSA) is 91.1 Å². The molecule has 2 aromatic carbocycles. The molecule has 10 heteroatoms. The first-order chi connectivity index (χ1) is 16.3. The van der Waals surface area contributed by atoms with Crippen LogP contribution in [-0.4, -0.2) is 34.0 Å². The lowest BCUT2D eigenvalue weighted by molar-refractivity contribution is -0.275. The summed E-state index contributed by atoms with van der Waals surface area (Å²) in [6.07, 6.45) is -4.33. The van der Waals surface area contributed by atoms with Gasteiger partial charge in [0.25, 0.3) is 0 Å². The summed E-state index contributed by atoms with van der Waals surface area (Å²) in [4.78, 5) is 8.14. The maximum absolute atomic E-state index is 14.5. The number of aliphatic hydroxyl groups is 1. The third kappa shape index (κ3) is 3.93. The molecule has 0 spiro atoms. The summed E-state index contributed by atoms with van der Waals surface area (Å²) in [5.41, 5.74) is -3.05. The van der Waals surface area contributed by atoms with E-state index in [-0.39, 0.29) is 28.6 Å². The molecule has 2 atom stereocenters. The maximum atomic E-state index is 14.5. The van der Waals surface area contributed by atoms with Crippen LogP contribution in [0.1, 0.15) is 48.8 Å². The lowest BCUT2D eigenvalue weighted by Gasteiger charge is -2.49. The number of methoxy groups -OCH3 is 1. The van der Waals surface area contributed by atoms with E-state index in [0.717, 1.165) is 6.07 Å².